The predicted octanol–water partition coefficient (Wildman–Crippen LogP) is 2.56. The third-order valence-electron chi connectivity index (χ3n) is 2.36. The lowest BCUT2D eigenvalue weighted by molar-refractivity contribution is 0.242. The second kappa shape index (κ2) is 6.27. The van der Waals surface area contributed by atoms with E-state index in [0.29, 0.717) is 6.61 Å². The van der Waals surface area contributed by atoms with E-state index in [1.165, 1.54) is 0 Å². The summed E-state index contributed by atoms with van der Waals surface area (Å²) in [6.07, 6.45) is 6.78. The molecule has 3 heteroatoms. The fraction of sp³-hybridized carbons (Fsp3) is 0.583. The zero-order valence-electron chi connectivity index (χ0n) is 9.86. The minimum absolute atomic E-state index is 0.687. The Labute approximate surface area is 92.1 Å². The van der Waals surface area contributed by atoms with E-state index < -0.39 is 0 Å². The van der Waals surface area contributed by atoms with Gasteiger partial charge in [0, 0.05) is 19.5 Å². The average molecular weight is 208 g/mol. The maximum atomic E-state index is 5.41. The second-order valence-electron chi connectivity index (χ2n) is 3.29. The van der Waals surface area contributed by atoms with Gasteiger partial charge in [0.25, 0.3) is 0 Å². The molecule has 0 bridgehead atoms. The lowest BCUT2D eigenvalue weighted by Crippen LogP contribution is -2.29. The molecule has 0 aliphatic carbocycles. The summed E-state index contributed by atoms with van der Waals surface area (Å²) in [4.78, 5) is 6.72. The summed E-state index contributed by atoms with van der Waals surface area (Å²) in [7, 11) is 0. The first-order valence-electron chi connectivity index (χ1n) is 5.62. The van der Waals surface area contributed by atoms with Crippen LogP contribution in [0.15, 0.2) is 29.1 Å². The first-order valence-corrected chi connectivity index (χ1v) is 5.62. The summed E-state index contributed by atoms with van der Waals surface area (Å²) in [5.41, 5.74) is 0. The fourth-order valence-corrected chi connectivity index (χ4v) is 1.57. The van der Waals surface area contributed by atoms with Gasteiger partial charge in [-0.1, -0.05) is 6.08 Å². The monoisotopic (exact) mass is 208 g/mol. The molecule has 15 heavy (non-hydrogen) atoms. The van der Waals surface area contributed by atoms with Crippen LogP contribution in [0.4, 0.5) is 0 Å². The minimum Gasteiger partial charge on any atom is -0.492 e. The fourth-order valence-electron chi connectivity index (χ4n) is 1.57. The number of ether oxygens (including phenoxy) is 1. The zero-order chi connectivity index (χ0) is 11.1. The van der Waals surface area contributed by atoms with Crippen molar-refractivity contribution in [1.82, 2.24) is 4.90 Å². The lowest BCUT2D eigenvalue weighted by atomic mass is 10.3. The molecule has 0 aromatic rings. The minimum atomic E-state index is 0.687. The first-order chi connectivity index (χ1) is 7.31. The van der Waals surface area contributed by atoms with Crippen LogP contribution >= 0.6 is 0 Å². The second-order valence-corrected chi connectivity index (χ2v) is 3.29. The van der Waals surface area contributed by atoms with Gasteiger partial charge < -0.3 is 9.64 Å². The van der Waals surface area contributed by atoms with Crippen LogP contribution < -0.4 is 0 Å². The number of nitrogens with zero attached hydrogens (tertiary/aromatic N) is 2. The van der Waals surface area contributed by atoms with E-state index >= 15 is 0 Å². The number of hydrogen-bond acceptors (Lipinski definition) is 3. The van der Waals surface area contributed by atoms with E-state index in [0.717, 1.165) is 31.1 Å². The number of allylic oxidation sites excluding steroid dienone is 1. The molecule has 0 unspecified atom stereocenters. The third-order valence-corrected chi connectivity index (χ3v) is 2.36. The Balaban J connectivity index is 2.72. The van der Waals surface area contributed by atoms with Gasteiger partial charge in [-0.2, -0.15) is 0 Å². The van der Waals surface area contributed by atoms with Gasteiger partial charge in [-0.05, 0) is 26.8 Å². The standard InChI is InChI=1S/C12H20N2O/c1-4-14(5-2)12-9-7-8-11(10-13-12)15-6-3/h7-8,10H,4-6,9H2,1-3H3. The van der Waals surface area contributed by atoms with Crippen molar-refractivity contribution in [2.75, 3.05) is 19.7 Å². The van der Waals surface area contributed by atoms with Crippen molar-refractivity contribution in [1.29, 1.82) is 0 Å². The van der Waals surface area contributed by atoms with E-state index in [1.54, 1.807) is 6.20 Å². The quantitative estimate of drug-likeness (QED) is 0.709. The molecule has 0 amide bonds. The Bertz CT molecular complexity index is 275. The highest BCUT2D eigenvalue weighted by Crippen LogP contribution is 2.08. The van der Waals surface area contributed by atoms with Crippen molar-refractivity contribution in [3.63, 3.8) is 0 Å². The highest BCUT2D eigenvalue weighted by atomic mass is 16.5. The highest BCUT2D eigenvalue weighted by Gasteiger charge is 2.07. The van der Waals surface area contributed by atoms with Gasteiger partial charge in [-0.3, -0.25) is 0 Å². The molecule has 0 radical (unpaired) electrons. The Kier molecular flexibility index (Phi) is 4.95. The zero-order valence-corrected chi connectivity index (χ0v) is 9.86. The van der Waals surface area contributed by atoms with E-state index in [-0.39, 0.29) is 0 Å². The molecular weight excluding hydrogens is 188 g/mol. The maximum absolute atomic E-state index is 5.41. The van der Waals surface area contributed by atoms with Gasteiger partial charge in [0.2, 0.25) is 0 Å². The highest BCUT2D eigenvalue weighted by molar-refractivity contribution is 5.84. The van der Waals surface area contributed by atoms with Crippen LogP contribution in [0.5, 0.6) is 0 Å². The van der Waals surface area contributed by atoms with Crippen LogP contribution in [-0.4, -0.2) is 30.4 Å². The molecule has 0 fully saturated rings. The van der Waals surface area contributed by atoms with Crippen molar-refractivity contribution in [2.24, 2.45) is 4.99 Å². The number of aliphatic imine (C=N–C) groups is 1. The van der Waals surface area contributed by atoms with E-state index in [1.807, 2.05) is 13.0 Å². The van der Waals surface area contributed by atoms with E-state index in [4.69, 9.17) is 4.74 Å². The third kappa shape index (κ3) is 3.42. The van der Waals surface area contributed by atoms with Gasteiger partial charge in [0.05, 0.1) is 12.8 Å². The Morgan fingerprint density at radius 2 is 2.07 bits per heavy atom. The number of rotatable bonds is 4. The number of amidine groups is 1. The van der Waals surface area contributed by atoms with Crippen molar-refractivity contribution in [3.05, 3.63) is 24.1 Å². The predicted molar refractivity (Wildman–Crippen MR) is 63.8 cm³/mol. The molecule has 1 aliphatic heterocycles. The molecule has 84 valence electrons. The van der Waals surface area contributed by atoms with Gasteiger partial charge in [-0.25, -0.2) is 4.99 Å². The maximum Gasteiger partial charge on any atom is 0.137 e. The van der Waals surface area contributed by atoms with Gasteiger partial charge in [-0.15, -0.1) is 0 Å². The van der Waals surface area contributed by atoms with Gasteiger partial charge >= 0.3 is 0 Å². The van der Waals surface area contributed by atoms with Crippen molar-refractivity contribution in [3.8, 4) is 0 Å². The number of hydrogen-bond donors (Lipinski definition) is 0. The molecule has 1 rings (SSSR count). The molecule has 0 aromatic carbocycles. The first kappa shape index (κ1) is 11.8. The molecule has 3 nitrogen and oxygen atoms in total. The van der Waals surface area contributed by atoms with E-state index in [2.05, 4.69) is 29.8 Å². The summed E-state index contributed by atoms with van der Waals surface area (Å²) in [5, 5.41) is 0. The molecule has 0 N–H and O–H groups in total. The molecule has 1 aliphatic rings. The summed E-state index contributed by atoms with van der Waals surface area (Å²) in [5.74, 6) is 1.96. The summed E-state index contributed by atoms with van der Waals surface area (Å²) in [6.45, 7) is 8.96. The molecule has 0 atom stereocenters. The molecule has 0 aromatic heterocycles. The normalized spacial score (nSPS) is 15.4. The van der Waals surface area contributed by atoms with Gasteiger partial charge in [0.15, 0.2) is 0 Å². The van der Waals surface area contributed by atoms with Crippen molar-refractivity contribution >= 4 is 5.84 Å². The van der Waals surface area contributed by atoms with Crippen LogP contribution in [0.25, 0.3) is 0 Å². The lowest BCUT2D eigenvalue weighted by Gasteiger charge is -2.21. The summed E-state index contributed by atoms with van der Waals surface area (Å²) in [6, 6.07) is 0. The SMILES string of the molecule is CCOC1=CN=C(N(CC)CC)CC=C1. The van der Waals surface area contributed by atoms with Gasteiger partial charge in [0.1, 0.15) is 11.6 Å². The van der Waals surface area contributed by atoms with Crippen LogP contribution in [0, 0.1) is 0 Å². The molecule has 0 saturated heterocycles. The molecular formula is C12H20N2O. The van der Waals surface area contributed by atoms with Crippen molar-refractivity contribution in [2.45, 2.75) is 27.2 Å². The molecule has 0 saturated carbocycles. The Morgan fingerprint density at radius 1 is 1.33 bits per heavy atom. The van der Waals surface area contributed by atoms with Crippen molar-refractivity contribution < 1.29 is 4.74 Å². The topological polar surface area (TPSA) is 24.8 Å². The molecule has 0 spiro atoms. The average Bonchev–Trinajstić information content (AvgIpc) is 2.47. The summed E-state index contributed by atoms with van der Waals surface area (Å²) < 4.78 is 5.41. The molecule has 1 heterocycles. The smallest absolute Gasteiger partial charge is 0.137 e. The van der Waals surface area contributed by atoms with Crippen LogP contribution in [0.3, 0.4) is 0 Å². The largest absolute Gasteiger partial charge is 0.492 e. The summed E-state index contributed by atoms with van der Waals surface area (Å²) >= 11 is 0. The Hall–Kier alpha value is -1.25. The van der Waals surface area contributed by atoms with Crippen LogP contribution in [0.2, 0.25) is 0 Å². The van der Waals surface area contributed by atoms with E-state index in [9.17, 15) is 0 Å². The van der Waals surface area contributed by atoms with Crippen LogP contribution in [0.1, 0.15) is 27.2 Å². The van der Waals surface area contributed by atoms with Crippen LogP contribution in [-0.2, 0) is 4.74 Å². The Morgan fingerprint density at radius 3 is 2.67 bits per heavy atom.